The highest BCUT2D eigenvalue weighted by Crippen LogP contribution is 2.29. The Labute approximate surface area is 134 Å². The van der Waals surface area contributed by atoms with Crippen molar-refractivity contribution in [2.75, 3.05) is 13.6 Å². The van der Waals surface area contributed by atoms with Crippen molar-refractivity contribution >= 4 is 22.5 Å². The molecule has 1 saturated heterocycles. The normalized spacial score (nSPS) is 19.8. The molecule has 4 rings (SSSR count). The molecule has 0 spiro atoms. The Morgan fingerprint density at radius 3 is 3.05 bits per heavy atom. The molecule has 3 aromatic heterocycles. The summed E-state index contributed by atoms with van der Waals surface area (Å²) in [7, 11) is 2.24. The Morgan fingerprint density at radius 1 is 1.27 bits per heavy atom. The summed E-state index contributed by atoms with van der Waals surface area (Å²) >= 11 is 1.74. The summed E-state index contributed by atoms with van der Waals surface area (Å²) < 4.78 is 2.31. The third-order valence-electron chi connectivity index (χ3n) is 4.56. The second-order valence-corrected chi connectivity index (χ2v) is 6.95. The molecule has 0 aromatic carbocycles. The van der Waals surface area contributed by atoms with Gasteiger partial charge in [0, 0.05) is 18.8 Å². The van der Waals surface area contributed by atoms with Crippen LogP contribution in [0.2, 0.25) is 0 Å². The van der Waals surface area contributed by atoms with Gasteiger partial charge in [-0.1, -0.05) is 12.5 Å². The first kappa shape index (κ1) is 13.9. The number of pyridine rings is 1. The van der Waals surface area contributed by atoms with Gasteiger partial charge in [-0.05, 0) is 50.0 Å². The van der Waals surface area contributed by atoms with Crippen LogP contribution in [0.1, 0.15) is 19.3 Å². The van der Waals surface area contributed by atoms with Crippen LogP contribution in [0.25, 0.3) is 21.9 Å². The first-order valence-electron chi connectivity index (χ1n) is 7.88. The molecule has 22 heavy (non-hydrogen) atoms. The lowest BCUT2D eigenvalue weighted by atomic mass is 10.0. The van der Waals surface area contributed by atoms with Crippen molar-refractivity contribution in [3.05, 3.63) is 35.8 Å². The first-order chi connectivity index (χ1) is 10.8. The van der Waals surface area contributed by atoms with E-state index < -0.39 is 0 Å². The van der Waals surface area contributed by atoms with Gasteiger partial charge in [0.15, 0.2) is 11.5 Å². The van der Waals surface area contributed by atoms with Gasteiger partial charge in [0.1, 0.15) is 5.52 Å². The number of hydrogen-bond acceptors (Lipinski definition) is 4. The molecule has 4 heterocycles. The van der Waals surface area contributed by atoms with Crippen LogP contribution >= 0.6 is 11.3 Å². The van der Waals surface area contributed by atoms with Crippen molar-refractivity contribution in [2.24, 2.45) is 0 Å². The number of rotatable bonds is 3. The first-order valence-corrected chi connectivity index (χ1v) is 8.76. The number of likely N-dealkylation sites (tertiary alicyclic amines) is 1. The van der Waals surface area contributed by atoms with Crippen molar-refractivity contribution in [3.63, 3.8) is 0 Å². The van der Waals surface area contributed by atoms with Crippen LogP contribution in [-0.4, -0.2) is 39.1 Å². The predicted molar refractivity (Wildman–Crippen MR) is 91.1 cm³/mol. The monoisotopic (exact) mass is 312 g/mol. The molecule has 0 saturated carbocycles. The molecule has 0 bridgehead atoms. The zero-order valence-electron chi connectivity index (χ0n) is 12.8. The van der Waals surface area contributed by atoms with E-state index in [2.05, 4.69) is 45.1 Å². The zero-order valence-corrected chi connectivity index (χ0v) is 13.6. The fraction of sp³-hybridized carbons (Fsp3) is 0.412. The van der Waals surface area contributed by atoms with Gasteiger partial charge < -0.3 is 9.47 Å². The Hall–Kier alpha value is -1.72. The molecule has 5 heteroatoms. The molecule has 1 fully saturated rings. The summed E-state index contributed by atoms with van der Waals surface area (Å²) in [5, 5.41) is 2.11. The van der Waals surface area contributed by atoms with E-state index in [9.17, 15) is 0 Å². The maximum absolute atomic E-state index is 4.84. The second-order valence-electron chi connectivity index (χ2n) is 6.00. The minimum absolute atomic E-state index is 0.576. The van der Waals surface area contributed by atoms with Gasteiger partial charge in [0.05, 0.1) is 4.88 Å². The van der Waals surface area contributed by atoms with Crippen LogP contribution in [-0.2, 0) is 6.54 Å². The third kappa shape index (κ3) is 2.44. The molecule has 1 unspecified atom stereocenters. The molecular weight excluding hydrogens is 292 g/mol. The highest BCUT2D eigenvalue weighted by atomic mass is 32.1. The largest absolute Gasteiger partial charge is 0.306 e. The van der Waals surface area contributed by atoms with Crippen LogP contribution in [0.4, 0.5) is 0 Å². The molecular formula is C17H20N4S. The maximum Gasteiger partial charge on any atom is 0.160 e. The maximum atomic E-state index is 4.84. The number of hydrogen-bond donors (Lipinski definition) is 0. The van der Waals surface area contributed by atoms with Crippen molar-refractivity contribution in [2.45, 2.75) is 31.8 Å². The zero-order chi connectivity index (χ0) is 14.9. The van der Waals surface area contributed by atoms with Gasteiger partial charge in [0.25, 0.3) is 0 Å². The van der Waals surface area contributed by atoms with E-state index in [1.807, 2.05) is 12.3 Å². The van der Waals surface area contributed by atoms with Crippen LogP contribution < -0.4 is 0 Å². The van der Waals surface area contributed by atoms with Crippen LogP contribution in [0.15, 0.2) is 35.8 Å². The molecule has 1 atom stereocenters. The Kier molecular flexibility index (Phi) is 3.68. The van der Waals surface area contributed by atoms with Crippen molar-refractivity contribution in [1.82, 2.24) is 19.4 Å². The second kappa shape index (κ2) is 5.82. The molecule has 0 N–H and O–H groups in total. The number of thiophene rings is 1. The van der Waals surface area contributed by atoms with Gasteiger partial charge in [-0.2, -0.15) is 0 Å². The lowest BCUT2D eigenvalue weighted by Gasteiger charge is -2.33. The van der Waals surface area contributed by atoms with E-state index in [4.69, 9.17) is 4.98 Å². The van der Waals surface area contributed by atoms with E-state index in [-0.39, 0.29) is 0 Å². The number of nitrogens with zero attached hydrogens (tertiary/aromatic N) is 4. The molecule has 0 amide bonds. The predicted octanol–water partition coefficient (Wildman–Crippen LogP) is 3.64. The van der Waals surface area contributed by atoms with Gasteiger partial charge in [-0.15, -0.1) is 11.3 Å². The fourth-order valence-electron chi connectivity index (χ4n) is 3.31. The molecule has 0 aliphatic carbocycles. The molecule has 1 aliphatic heterocycles. The number of fused-ring (bicyclic) bond motifs is 1. The SMILES string of the molecule is CN1CCCCC1Cn1c(-c2cccs2)nc2cccnc21. The lowest BCUT2D eigenvalue weighted by molar-refractivity contribution is 0.169. The summed E-state index contributed by atoms with van der Waals surface area (Å²) in [4.78, 5) is 13.1. The van der Waals surface area contributed by atoms with Gasteiger partial charge in [0.2, 0.25) is 0 Å². The van der Waals surface area contributed by atoms with E-state index in [1.54, 1.807) is 11.3 Å². The highest BCUT2D eigenvalue weighted by Gasteiger charge is 2.23. The lowest BCUT2D eigenvalue weighted by Crippen LogP contribution is -2.39. The van der Waals surface area contributed by atoms with E-state index >= 15 is 0 Å². The highest BCUT2D eigenvalue weighted by molar-refractivity contribution is 7.13. The summed E-state index contributed by atoms with van der Waals surface area (Å²) in [5.41, 5.74) is 1.99. The van der Waals surface area contributed by atoms with Crippen molar-refractivity contribution < 1.29 is 0 Å². The molecule has 4 nitrogen and oxygen atoms in total. The van der Waals surface area contributed by atoms with E-state index in [1.165, 1.54) is 30.7 Å². The Balaban J connectivity index is 1.79. The number of likely N-dealkylation sites (N-methyl/N-ethyl adjacent to an activating group) is 1. The average molecular weight is 312 g/mol. The molecule has 3 aromatic rings. The van der Waals surface area contributed by atoms with Crippen LogP contribution in [0.3, 0.4) is 0 Å². The smallest absolute Gasteiger partial charge is 0.160 e. The van der Waals surface area contributed by atoms with Crippen LogP contribution in [0.5, 0.6) is 0 Å². The van der Waals surface area contributed by atoms with E-state index in [0.717, 1.165) is 23.5 Å². The standard InChI is InChI=1S/C17H20N4S/c1-20-10-3-2-6-13(20)12-21-16-14(7-4-9-18-16)19-17(21)15-8-5-11-22-15/h4-5,7-9,11,13H,2-3,6,10,12H2,1H3. The number of imidazole rings is 1. The Bertz CT molecular complexity index is 762. The van der Waals surface area contributed by atoms with Gasteiger partial charge >= 0.3 is 0 Å². The fourth-order valence-corrected chi connectivity index (χ4v) is 4.03. The number of aromatic nitrogens is 3. The molecule has 1 aliphatic rings. The molecule has 114 valence electrons. The van der Waals surface area contributed by atoms with Gasteiger partial charge in [-0.3, -0.25) is 0 Å². The average Bonchev–Trinajstić information content (AvgIpc) is 3.17. The summed E-state index contributed by atoms with van der Waals surface area (Å²) in [6.45, 7) is 2.16. The topological polar surface area (TPSA) is 34.0 Å². The minimum atomic E-state index is 0.576. The minimum Gasteiger partial charge on any atom is -0.306 e. The van der Waals surface area contributed by atoms with E-state index in [0.29, 0.717) is 6.04 Å². The summed E-state index contributed by atoms with van der Waals surface area (Å²) in [5.74, 6) is 1.06. The quantitative estimate of drug-likeness (QED) is 0.740. The summed E-state index contributed by atoms with van der Waals surface area (Å²) in [6, 6.07) is 8.83. The Morgan fingerprint density at radius 2 is 2.23 bits per heavy atom. The van der Waals surface area contributed by atoms with Crippen molar-refractivity contribution in [3.8, 4) is 10.7 Å². The third-order valence-corrected chi connectivity index (χ3v) is 5.43. The van der Waals surface area contributed by atoms with Crippen molar-refractivity contribution in [1.29, 1.82) is 0 Å². The molecule has 0 radical (unpaired) electrons. The number of piperidine rings is 1. The van der Waals surface area contributed by atoms with Crippen LogP contribution in [0, 0.1) is 0 Å². The summed E-state index contributed by atoms with van der Waals surface area (Å²) in [6.07, 6.45) is 5.76. The van der Waals surface area contributed by atoms with Gasteiger partial charge in [-0.25, -0.2) is 9.97 Å².